The van der Waals surface area contributed by atoms with E-state index >= 15 is 0 Å². The molecule has 84 valence electrons. The second-order valence-corrected chi connectivity index (χ2v) is 3.79. The standard InChI is InChI=1S/C10H22N2OS/c1-3-8-13-9-7-12(4-2)6-5-10(11)14/h3-9H2,1-2H3,(H2,11,14). The molecule has 3 nitrogen and oxygen atoms in total. The molecule has 0 rings (SSSR count). The highest BCUT2D eigenvalue weighted by Crippen LogP contribution is 1.92. The van der Waals surface area contributed by atoms with Crippen LogP contribution in [-0.2, 0) is 4.74 Å². The minimum absolute atomic E-state index is 0.595. The van der Waals surface area contributed by atoms with Gasteiger partial charge in [0.05, 0.1) is 11.6 Å². The zero-order chi connectivity index (χ0) is 10.8. The van der Waals surface area contributed by atoms with E-state index in [9.17, 15) is 0 Å². The fourth-order valence-corrected chi connectivity index (χ4v) is 1.23. The normalized spacial score (nSPS) is 10.8. The van der Waals surface area contributed by atoms with E-state index in [4.69, 9.17) is 22.7 Å². The van der Waals surface area contributed by atoms with Crippen molar-refractivity contribution in [3.63, 3.8) is 0 Å². The Morgan fingerprint density at radius 1 is 1.29 bits per heavy atom. The number of rotatable bonds is 9. The van der Waals surface area contributed by atoms with Crippen LogP contribution in [0.3, 0.4) is 0 Å². The number of ether oxygens (including phenoxy) is 1. The van der Waals surface area contributed by atoms with Gasteiger partial charge in [0.1, 0.15) is 0 Å². The van der Waals surface area contributed by atoms with Crippen molar-refractivity contribution in [2.45, 2.75) is 26.7 Å². The van der Waals surface area contributed by atoms with Crippen molar-refractivity contribution >= 4 is 17.2 Å². The van der Waals surface area contributed by atoms with E-state index in [-0.39, 0.29) is 0 Å². The predicted molar refractivity (Wildman–Crippen MR) is 64.6 cm³/mol. The molecular weight excluding hydrogens is 196 g/mol. The van der Waals surface area contributed by atoms with Crippen LogP contribution in [0.2, 0.25) is 0 Å². The molecule has 0 aromatic heterocycles. The van der Waals surface area contributed by atoms with Crippen molar-refractivity contribution in [1.82, 2.24) is 4.90 Å². The molecular formula is C10H22N2OS. The Hall–Kier alpha value is -0.190. The zero-order valence-corrected chi connectivity index (χ0v) is 10.1. The molecule has 0 atom stereocenters. The molecule has 0 bridgehead atoms. The van der Waals surface area contributed by atoms with Gasteiger partial charge < -0.3 is 15.4 Å². The average molecular weight is 218 g/mol. The third-order valence-electron chi connectivity index (χ3n) is 2.02. The lowest BCUT2D eigenvalue weighted by Gasteiger charge is -2.19. The van der Waals surface area contributed by atoms with Gasteiger partial charge in [0, 0.05) is 26.1 Å². The van der Waals surface area contributed by atoms with Crippen molar-refractivity contribution in [3.05, 3.63) is 0 Å². The smallest absolute Gasteiger partial charge is 0.0740 e. The van der Waals surface area contributed by atoms with Crippen LogP contribution in [0.4, 0.5) is 0 Å². The van der Waals surface area contributed by atoms with Crippen LogP contribution in [-0.4, -0.2) is 42.7 Å². The van der Waals surface area contributed by atoms with Crippen LogP contribution < -0.4 is 5.73 Å². The van der Waals surface area contributed by atoms with Gasteiger partial charge in [-0.15, -0.1) is 0 Å². The lowest BCUT2D eigenvalue weighted by molar-refractivity contribution is 0.107. The summed E-state index contributed by atoms with van der Waals surface area (Å²) in [6, 6.07) is 0. The summed E-state index contributed by atoms with van der Waals surface area (Å²) in [4.78, 5) is 2.90. The van der Waals surface area contributed by atoms with Crippen molar-refractivity contribution in [2.75, 3.05) is 32.8 Å². The molecule has 0 radical (unpaired) electrons. The first-order chi connectivity index (χ1) is 6.70. The first-order valence-corrected chi connectivity index (χ1v) is 5.69. The molecule has 14 heavy (non-hydrogen) atoms. The van der Waals surface area contributed by atoms with Gasteiger partial charge in [-0.3, -0.25) is 0 Å². The maximum absolute atomic E-state index is 5.45. The Morgan fingerprint density at radius 2 is 2.00 bits per heavy atom. The van der Waals surface area contributed by atoms with E-state index in [2.05, 4.69) is 18.7 Å². The van der Waals surface area contributed by atoms with Crippen LogP contribution in [0, 0.1) is 0 Å². The second kappa shape index (κ2) is 9.37. The maximum atomic E-state index is 5.45. The number of nitrogens with zero attached hydrogens (tertiary/aromatic N) is 1. The van der Waals surface area contributed by atoms with Crippen molar-refractivity contribution < 1.29 is 4.74 Å². The molecule has 0 aromatic carbocycles. The highest BCUT2D eigenvalue weighted by Gasteiger charge is 2.02. The monoisotopic (exact) mass is 218 g/mol. The first-order valence-electron chi connectivity index (χ1n) is 5.29. The Balaban J connectivity index is 3.42. The average Bonchev–Trinajstić information content (AvgIpc) is 2.16. The molecule has 0 saturated carbocycles. The van der Waals surface area contributed by atoms with E-state index in [0.717, 1.165) is 45.7 Å². The summed E-state index contributed by atoms with van der Waals surface area (Å²) in [6.07, 6.45) is 1.88. The van der Waals surface area contributed by atoms with Gasteiger partial charge in [-0.05, 0) is 13.0 Å². The molecule has 0 spiro atoms. The Labute approximate surface area is 92.6 Å². The Bertz CT molecular complexity index is 153. The van der Waals surface area contributed by atoms with Gasteiger partial charge >= 0.3 is 0 Å². The third kappa shape index (κ3) is 8.41. The highest BCUT2D eigenvalue weighted by atomic mass is 32.1. The second-order valence-electron chi connectivity index (χ2n) is 3.26. The molecule has 2 N–H and O–H groups in total. The number of thiocarbonyl (C=S) groups is 1. The number of hydrogen-bond donors (Lipinski definition) is 1. The van der Waals surface area contributed by atoms with E-state index in [1.54, 1.807) is 0 Å². The molecule has 0 unspecified atom stereocenters. The molecule has 0 saturated heterocycles. The zero-order valence-electron chi connectivity index (χ0n) is 9.29. The molecule has 0 aliphatic rings. The number of likely N-dealkylation sites (N-methyl/N-ethyl adjacent to an activating group) is 1. The number of nitrogens with two attached hydrogens (primary N) is 1. The summed E-state index contributed by atoms with van der Waals surface area (Å²) in [5, 5.41) is 0. The van der Waals surface area contributed by atoms with Gasteiger partial charge in [-0.2, -0.15) is 0 Å². The fourth-order valence-electron chi connectivity index (χ4n) is 1.14. The fraction of sp³-hybridized carbons (Fsp3) is 0.900. The van der Waals surface area contributed by atoms with Crippen LogP contribution in [0.1, 0.15) is 26.7 Å². The van der Waals surface area contributed by atoms with Gasteiger partial charge in [-0.25, -0.2) is 0 Å². The summed E-state index contributed by atoms with van der Waals surface area (Å²) in [7, 11) is 0. The number of hydrogen-bond acceptors (Lipinski definition) is 3. The minimum atomic E-state index is 0.595. The Kier molecular flexibility index (Phi) is 9.24. The summed E-state index contributed by atoms with van der Waals surface area (Å²) in [6.45, 7) is 8.86. The van der Waals surface area contributed by atoms with Gasteiger partial charge in [0.15, 0.2) is 0 Å². The van der Waals surface area contributed by atoms with Crippen LogP contribution in [0.25, 0.3) is 0 Å². The van der Waals surface area contributed by atoms with Crippen LogP contribution in [0.5, 0.6) is 0 Å². The quantitative estimate of drug-likeness (QED) is 0.469. The minimum Gasteiger partial charge on any atom is -0.393 e. The predicted octanol–water partition coefficient (Wildman–Crippen LogP) is 1.41. The molecule has 0 aliphatic carbocycles. The van der Waals surface area contributed by atoms with E-state index in [1.807, 2.05) is 0 Å². The van der Waals surface area contributed by atoms with Gasteiger partial charge in [-0.1, -0.05) is 26.1 Å². The van der Waals surface area contributed by atoms with E-state index in [1.165, 1.54) is 0 Å². The van der Waals surface area contributed by atoms with Crippen LogP contribution >= 0.6 is 12.2 Å². The van der Waals surface area contributed by atoms with Crippen molar-refractivity contribution in [3.8, 4) is 0 Å². The Morgan fingerprint density at radius 3 is 2.50 bits per heavy atom. The summed E-state index contributed by atoms with van der Waals surface area (Å²) in [5.41, 5.74) is 5.45. The molecule has 0 aromatic rings. The SMILES string of the molecule is CCCOCCN(CC)CCC(N)=S. The highest BCUT2D eigenvalue weighted by molar-refractivity contribution is 7.80. The third-order valence-corrected chi connectivity index (χ3v) is 2.23. The topological polar surface area (TPSA) is 38.5 Å². The summed E-state index contributed by atoms with van der Waals surface area (Å²) < 4.78 is 5.42. The van der Waals surface area contributed by atoms with E-state index < -0.39 is 0 Å². The van der Waals surface area contributed by atoms with E-state index in [0.29, 0.717) is 4.99 Å². The lowest BCUT2D eigenvalue weighted by Crippen LogP contribution is -2.30. The maximum Gasteiger partial charge on any atom is 0.0740 e. The van der Waals surface area contributed by atoms with Crippen molar-refractivity contribution in [1.29, 1.82) is 0 Å². The molecule has 0 aliphatic heterocycles. The molecule has 4 heteroatoms. The molecule has 0 heterocycles. The van der Waals surface area contributed by atoms with Gasteiger partial charge in [0.2, 0.25) is 0 Å². The molecule has 0 amide bonds. The largest absolute Gasteiger partial charge is 0.393 e. The van der Waals surface area contributed by atoms with Crippen LogP contribution in [0.15, 0.2) is 0 Å². The summed E-state index contributed by atoms with van der Waals surface area (Å²) >= 11 is 4.84. The van der Waals surface area contributed by atoms with Gasteiger partial charge in [0.25, 0.3) is 0 Å². The lowest BCUT2D eigenvalue weighted by atomic mass is 10.3. The first kappa shape index (κ1) is 13.8. The molecule has 0 fully saturated rings. The summed E-state index contributed by atoms with van der Waals surface area (Å²) in [5.74, 6) is 0. The van der Waals surface area contributed by atoms with Crippen molar-refractivity contribution in [2.24, 2.45) is 5.73 Å².